The molecule has 1 saturated carbocycles. The van der Waals surface area contributed by atoms with Crippen molar-refractivity contribution in [1.82, 2.24) is 9.80 Å². The second-order valence-electron chi connectivity index (χ2n) is 6.85. The summed E-state index contributed by atoms with van der Waals surface area (Å²) in [6.07, 6.45) is 4.39. The first kappa shape index (κ1) is 17.4. The number of ether oxygens (including phenoxy) is 1. The Balaban J connectivity index is 2.59. The standard InChI is InChI=1S/C15H31N3O2/c1-12(10-14(2,16)13(19)20-6)18(5)11-15(17(3)4)8-7-9-15/h12H,7-11,16H2,1-6H3. The van der Waals surface area contributed by atoms with E-state index in [1.54, 1.807) is 6.92 Å². The van der Waals surface area contributed by atoms with Crippen molar-refractivity contribution in [3.8, 4) is 0 Å². The molecule has 20 heavy (non-hydrogen) atoms. The summed E-state index contributed by atoms with van der Waals surface area (Å²) in [6, 6.07) is 0.238. The van der Waals surface area contributed by atoms with Gasteiger partial charge in [-0.2, -0.15) is 0 Å². The van der Waals surface area contributed by atoms with Crippen LogP contribution >= 0.6 is 0 Å². The largest absolute Gasteiger partial charge is 0.468 e. The summed E-state index contributed by atoms with van der Waals surface area (Å²) in [7, 11) is 7.80. The average molecular weight is 285 g/mol. The first-order chi connectivity index (χ1) is 9.14. The van der Waals surface area contributed by atoms with Gasteiger partial charge < -0.3 is 20.3 Å². The fourth-order valence-electron chi connectivity index (χ4n) is 3.04. The minimum atomic E-state index is -0.923. The fraction of sp³-hybridized carbons (Fsp3) is 0.933. The van der Waals surface area contributed by atoms with Crippen molar-refractivity contribution in [3.63, 3.8) is 0 Å². The molecule has 1 rings (SSSR count). The van der Waals surface area contributed by atoms with Crippen molar-refractivity contribution < 1.29 is 9.53 Å². The number of likely N-dealkylation sites (N-methyl/N-ethyl adjacent to an activating group) is 2. The van der Waals surface area contributed by atoms with Crippen LogP contribution in [0.15, 0.2) is 0 Å². The van der Waals surface area contributed by atoms with Gasteiger partial charge in [0, 0.05) is 18.1 Å². The van der Waals surface area contributed by atoms with E-state index in [4.69, 9.17) is 10.5 Å². The van der Waals surface area contributed by atoms with Crippen molar-refractivity contribution in [2.45, 2.75) is 56.7 Å². The highest BCUT2D eigenvalue weighted by molar-refractivity contribution is 5.79. The normalized spacial score (nSPS) is 22.2. The Morgan fingerprint density at radius 3 is 2.30 bits per heavy atom. The third kappa shape index (κ3) is 3.71. The molecule has 5 heteroatoms. The van der Waals surface area contributed by atoms with Crippen LogP contribution in [0.2, 0.25) is 0 Å². The lowest BCUT2D eigenvalue weighted by Gasteiger charge is -2.50. The van der Waals surface area contributed by atoms with E-state index in [0.717, 1.165) is 6.54 Å². The minimum absolute atomic E-state index is 0.238. The zero-order valence-electron chi connectivity index (χ0n) is 13.9. The number of rotatable bonds is 7. The first-order valence-electron chi connectivity index (χ1n) is 7.39. The summed E-state index contributed by atoms with van der Waals surface area (Å²) in [6.45, 7) is 4.88. The summed E-state index contributed by atoms with van der Waals surface area (Å²) in [5, 5.41) is 0. The molecule has 1 aliphatic carbocycles. The third-order valence-corrected chi connectivity index (χ3v) is 4.90. The molecule has 0 radical (unpaired) electrons. The molecule has 1 aliphatic rings. The van der Waals surface area contributed by atoms with Crippen LogP contribution in [0.4, 0.5) is 0 Å². The Hall–Kier alpha value is -0.650. The van der Waals surface area contributed by atoms with Gasteiger partial charge in [0.15, 0.2) is 0 Å². The van der Waals surface area contributed by atoms with Crippen molar-refractivity contribution in [3.05, 3.63) is 0 Å². The van der Waals surface area contributed by atoms with Gasteiger partial charge in [0.05, 0.1) is 7.11 Å². The predicted molar refractivity (Wildman–Crippen MR) is 81.6 cm³/mol. The molecule has 2 unspecified atom stereocenters. The van der Waals surface area contributed by atoms with Gasteiger partial charge in [0.25, 0.3) is 0 Å². The van der Waals surface area contributed by atoms with Crippen LogP contribution in [0.3, 0.4) is 0 Å². The number of hydrogen-bond donors (Lipinski definition) is 1. The molecule has 118 valence electrons. The molecular weight excluding hydrogens is 254 g/mol. The molecule has 0 aromatic rings. The van der Waals surface area contributed by atoms with Gasteiger partial charge in [-0.15, -0.1) is 0 Å². The van der Waals surface area contributed by atoms with E-state index in [1.165, 1.54) is 26.4 Å². The highest BCUT2D eigenvalue weighted by Gasteiger charge is 2.41. The van der Waals surface area contributed by atoms with Crippen molar-refractivity contribution in [2.24, 2.45) is 5.73 Å². The van der Waals surface area contributed by atoms with Crippen LogP contribution in [0.1, 0.15) is 39.5 Å². The van der Waals surface area contributed by atoms with E-state index in [-0.39, 0.29) is 12.0 Å². The van der Waals surface area contributed by atoms with E-state index >= 15 is 0 Å². The zero-order chi connectivity index (χ0) is 15.6. The van der Waals surface area contributed by atoms with E-state index in [1.807, 2.05) is 0 Å². The zero-order valence-corrected chi connectivity index (χ0v) is 13.9. The van der Waals surface area contributed by atoms with Gasteiger partial charge in [-0.1, -0.05) is 0 Å². The number of esters is 1. The van der Waals surface area contributed by atoms with Gasteiger partial charge in [-0.3, -0.25) is 4.79 Å². The summed E-state index contributed by atoms with van der Waals surface area (Å²) in [5.74, 6) is -0.344. The molecule has 1 fully saturated rings. The summed E-state index contributed by atoms with van der Waals surface area (Å²) in [4.78, 5) is 16.3. The van der Waals surface area contributed by atoms with Gasteiger partial charge in [-0.05, 0) is 60.7 Å². The van der Waals surface area contributed by atoms with Crippen LogP contribution in [-0.2, 0) is 9.53 Å². The lowest BCUT2D eigenvalue weighted by Crippen LogP contribution is -2.59. The number of methoxy groups -OCH3 is 1. The molecule has 0 aliphatic heterocycles. The van der Waals surface area contributed by atoms with E-state index < -0.39 is 5.54 Å². The molecule has 0 bridgehead atoms. The maximum atomic E-state index is 11.7. The molecular formula is C15H31N3O2. The van der Waals surface area contributed by atoms with Crippen molar-refractivity contribution >= 4 is 5.97 Å². The molecule has 2 N–H and O–H groups in total. The van der Waals surface area contributed by atoms with E-state index in [0.29, 0.717) is 12.0 Å². The van der Waals surface area contributed by atoms with Gasteiger partial charge in [-0.25, -0.2) is 0 Å². The lowest BCUT2D eigenvalue weighted by atomic mass is 9.75. The number of hydrogen-bond acceptors (Lipinski definition) is 5. The second-order valence-corrected chi connectivity index (χ2v) is 6.85. The number of carbonyl (C=O) groups is 1. The number of nitrogens with zero attached hydrogens (tertiary/aromatic N) is 2. The van der Waals surface area contributed by atoms with Crippen molar-refractivity contribution in [1.29, 1.82) is 0 Å². The Morgan fingerprint density at radius 2 is 1.95 bits per heavy atom. The second kappa shape index (κ2) is 6.41. The maximum Gasteiger partial charge on any atom is 0.325 e. The fourth-order valence-corrected chi connectivity index (χ4v) is 3.04. The minimum Gasteiger partial charge on any atom is -0.468 e. The highest BCUT2D eigenvalue weighted by Crippen LogP contribution is 2.37. The monoisotopic (exact) mass is 285 g/mol. The number of carbonyl (C=O) groups excluding carboxylic acids is 1. The van der Waals surface area contributed by atoms with Gasteiger partial charge in [0.1, 0.15) is 5.54 Å². The van der Waals surface area contributed by atoms with Crippen LogP contribution in [0.5, 0.6) is 0 Å². The Labute approximate surface area is 123 Å². The molecule has 2 atom stereocenters. The molecule has 0 aromatic carbocycles. The molecule has 0 spiro atoms. The summed E-state index contributed by atoms with van der Waals surface area (Å²) < 4.78 is 4.78. The SMILES string of the molecule is COC(=O)C(C)(N)CC(C)N(C)CC1(N(C)C)CCC1. The van der Waals surface area contributed by atoms with Gasteiger partial charge in [0.2, 0.25) is 0 Å². The van der Waals surface area contributed by atoms with E-state index in [2.05, 4.69) is 37.9 Å². The Kier molecular flexibility index (Phi) is 5.58. The van der Waals surface area contributed by atoms with E-state index in [9.17, 15) is 4.79 Å². The summed E-state index contributed by atoms with van der Waals surface area (Å²) >= 11 is 0. The van der Waals surface area contributed by atoms with Crippen LogP contribution < -0.4 is 5.73 Å². The summed E-state index contributed by atoms with van der Waals surface area (Å²) in [5.41, 5.74) is 5.44. The van der Waals surface area contributed by atoms with Gasteiger partial charge >= 0.3 is 5.97 Å². The van der Waals surface area contributed by atoms with Crippen LogP contribution in [-0.4, -0.2) is 67.7 Å². The topological polar surface area (TPSA) is 58.8 Å². The molecule has 0 heterocycles. The number of nitrogens with two attached hydrogens (primary N) is 1. The third-order valence-electron chi connectivity index (χ3n) is 4.90. The van der Waals surface area contributed by atoms with Crippen LogP contribution in [0.25, 0.3) is 0 Å². The Morgan fingerprint density at radius 1 is 1.40 bits per heavy atom. The predicted octanol–water partition coefficient (Wildman–Crippen LogP) is 1.07. The quantitative estimate of drug-likeness (QED) is 0.709. The Bertz CT molecular complexity index is 338. The molecule has 0 amide bonds. The smallest absolute Gasteiger partial charge is 0.325 e. The van der Waals surface area contributed by atoms with Crippen molar-refractivity contribution in [2.75, 3.05) is 34.8 Å². The lowest BCUT2D eigenvalue weighted by molar-refractivity contribution is -0.147. The molecule has 0 aromatic heterocycles. The van der Waals surface area contributed by atoms with Crippen LogP contribution in [0, 0.1) is 0 Å². The molecule has 5 nitrogen and oxygen atoms in total. The first-order valence-corrected chi connectivity index (χ1v) is 7.39. The maximum absolute atomic E-state index is 11.7. The molecule has 0 saturated heterocycles. The highest BCUT2D eigenvalue weighted by atomic mass is 16.5. The average Bonchev–Trinajstić information content (AvgIpc) is 2.31.